The molecule has 0 saturated carbocycles. The van der Waals surface area contributed by atoms with E-state index in [9.17, 15) is 9.59 Å². The molecule has 2 aromatic rings. The van der Waals surface area contributed by atoms with Crippen LogP contribution in [0.5, 0.6) is 11.5 Å². The van der Waals surface area contributed by atoms with Crippen LogP contribution in [0.2, 0.25) is 0 Å². The lowest BCUT2D eigenvalue weighted by molar-refractivity contribution is -0.123. The summed E-state index contributed by atoms with van der Waals surface area (Å²) in [6.07, 6.45) is 1.49. The molecule has 26 heavy (non-hydrogen) atoms. The maximum Gasteiger partial charge on any atom is 0.258 e. The van der Waals surface area contributed by atoms with Gasteiger partial charge in [-0.2, -0.15) is 0 Å². The molecular weight excluding hydrogens is 332 g/mol. The number of hydrogen-bond donors (Lipinski definition) is 1. The fraction of sp³-hybridized carbons (Fsp3) is 0.300. The Hall–Kier alpha value is -3.02. The fourth-order valence-corrected chi connectivity index (χ4v) is 2.89. The average Bonchev–Trinajstić information content (AvgIpc) is 3.11. The molecule has 1 aliphatic heterocycles. The molecule has 1 saturated heterocycles. The Kier molecular flexibility index (Phi) is 5.73. The van der Waals surface area contributed by atoms with Gasteiger partial charge in [0.25, 0.3) is 5.91 Å². The van der Waals surface area contributed by atoms with E-state index in [1.807, 2.05) is 36.4 Å². The minimum Gasteiger partial charge on any atom is -0.496 e. The number of carbonyl (C=O) groups is 2. The molecule has 2 aromatic carbocycles. The van der Waals surface area contributed by atoms with Gasteiger partial charge in [0, 0.05) is 30.8 Å². The third-order valence-electron chi connectivity index (χ3n) is 4.26. The second-order valence-corrected chi connectivity index (χ2v) is 6.02. The number of para-hydroxylation sites is 1. The SMILES string of the molecule is COc1ccccc1CNC(=O)COc1ccc(N2CCCC2=O)cc1. The molecule has 0 unspecified atom stereocenters. The van der Waals surface area contributed by atoms with E-state index in [0.717, 1.165) is 30.0 Å². The monoisotopic (exact) mass is 354 g/mol. The summed E-state index contributed by atoms with van der Waals surface area (Å²) >= 11 is 0. The predicted molar refractivity (Wildman–Crippen MR) is 98.4 cm³/mol. The molecule has 1 aliphatic rings. The first-order chi connectivity index (χ1) is 12.7. The molecule has 6 nitrogen and oxygen atoms in total. The second-order valence-electron chi connectivity index (χ2n) is 6.02. The second kappa shape index (κ2) is 8.38. The van der Waals surface area contributed by atoms with Gasteiger partial charge in [-0.15, -0.1) is 0 Å². The van der Waals surface area contributed by atoms with Gasteiger partial charge in [-0.1, -0.05) is 18.2 Å². The lowest BCUT2D eigenvalue weighted by Crippen LogP contribution is -2.28. The first-order valence-electron chi connectivity index (χ1n) is 8.59. The Balaban J connectivity index is 1.47. The summed E-state index contributed by atoms with van der Waals surface area (Å²) in [5.74, 6) is 1.26. The molecule has 136 valence electrons. The first-order valence-corrected chi connectivity index (χ1v) is 8.59. The van der Waals surface area contributed by atoms with Gasteiger partial charge in [-0.05, 0) is 36.8 Å². The lowest BCUT2D eigenvalue weighted by Gasteiger charge is -2.16. The standard InChI is InChI=1S/C20H22N2O4/c1-25-18-6-3-2-5-15(18)13-21-19(23)14-26-17-10-8-16(9-11-17)22-12-4-7-20(22)24/h2-3,5-6,8-11H,4,7,12-14H2,1H3,(H,21,23). The third-order valence-corrected chi connectivity index (χ3v) is 4.26. The van der Waals surface area contributed by atoms with Crippen LogP contribution in [0.15, 0.2) is 48.5 Å². The number of amides is 2. The highest BCUT2D eigenvalue weighted by Gasteiger charge is 2.21. The van der Waals surface area contributed by atoms with Crippen LogP contribution in [0.3, 0.4) is 0 Å². The summed E-state index contributed by atoms with van der Waals surface area (Å²) in [7, 11) is 1.60. The summed E-state index contributed by atoms with van der Waals surface area (Å²) < 4.78 is 10.8. The van der Waals surface area contributed by atoms with E-state index in [4.69, 9.17) is 9.47 Å². The van der Waals surface area contributed by atoms with Crippen molar-refractivity contribution in [3.8, 4) is 11.5 Å². The molecule has 1 heterocycles. The van der Waals surface area contributed by atoms with Crippen molar-refractivity contribution >= 4 is 17.5 Å². The normalized spacial score (nSPS) is 13.6. The van der Waals surface area contributed by atoms with E-state index in [1.165, 1.54) is 0 Å². The Morgan fingerprint density at radius 2 is 1.92 bits per heavy atom. The van der Waals surface area contributed by atoms with E-state index in [-0.39, 0.29) is 18.4 Å². The fourth-order valence-electron chi connectivity index (χ4n) is 2.89. The first kappa shape index (κ1) is 17.8. The van der Waals surface area contributed by atoms with Gasteiger partial charge in [0.1, 0.15) is 11.5 Å². The molecule has 0 atom stereocenters. The van der Waals surface area contributed by atoms with Gasteiger partial charge < -0.3 is 19.7 Å². The number of ether oxygens (including phenoxy) is 2. The lowest BCUT2D eigenvalue weighted by atomic mass is 10.2. The van der Waals surface area contributed by atoms with Crippen molar-refractivity contribution in [1.82, 2.24) is 5.32 Å². The molecule has 1 fully saturated rings. The zero-order valence-electron chi connectivity index (χ0n) is 14.7. The highest BCUT2D eigenvalue weighted by Crippen LogP contribution is 2.23. The van der Waals surface area contributed by atoms with Crippen molar-refractivity contribution in [2.24, 2.45) is 0 Å². The van der Waals surface area contributed by atoms with E-state index in [2.05, 4.69) is 5.32 Å². The molecule has 2 amide bonds. The quantitative estimate of drug-likeness (QED) is 0.830. The van der Waals surface area contributed by atoms with Gasteiger partial charge in [0.2, 0.25) is 5.91 Å². The molecule has 0 radical (unpaired) electrons. The van der Waals surface area contributed by atoms with Crippen LogP contribution in [0.4, 0.5) is 5.69 Å². The van der Waals surface area contributed by atoms with Crippen LogP contribution < -0.4 is 19.7 Å². The van der Waals surface area contributed by atoms with Crippen LogP contribution in [-0.4, -0.2) is 32.1 Å². The minimum absolute atomic E-state index is 0.0723. The van der Waals surface area contributed by atoms with Crippen LogP contribution in [0.25, 0.3) is 0 Å². The van der Waals surface area contributed by atoms with Crippen LogP contribution in [-0.2, 0) is 16.1 Å². The van der Waals surface area contributed by atoms with Gasteiger partial charge in [0.15, 0.2) is 6.61 Å². The molecule has 3 rings (SSSR count). The summed E-state index contributed by atoms with van der Waals surface area (Å²) in [5, 5.41) is 2.81. The molecule has 0 spiro atoms. The summed E-state index contributed by atoms with van der Waals surface area (Å²) in [6, 6.07) is 14.8. The smallest absolute Gasteiger partial charge is 0.258 e. The van der Waals surface area contributed by atoms with E-state index >= 15 is 0 Å². The van der Waals surface area contributed by atoms with Crippen molar-refractivity contribution < 1.29 is 19.1 Å². The molecule has 6 heteroatoms. The van der Waals surface area contributed by atoms with Gasteiger partial charge >= 0.3 is 0 Å². The number of nitrogens with zero attached hydrogens (tertiary/aromatic N) is 1. The molecule has 0 aliphatic carbocycles. The maximum atomic E-state index is 12.0. The Labute approximate surface area is 152 Å². The Bertz CT molecular complexity index is 774. The largest absolute Gasteiger partial charge is 0.496 e. The van der Waals surface area contributed by atoms with E-state index in [1.54, 1.807) is 24.1 Å². The zero-order valence-corrected chi connectivity index (χ0v) is 14.7. The van der Waals surface area contributed by atoms with Crippen molar-refractivity contribution in [3.63, 3.8) is 0 Å². The number of anilines is 1. The van der Waals surface area contributed by atoms with Crippen LogP contribution in [0.1, 0.15) is 18.4 Å². The number of carbonyl (C=O) groups excluding carboxylic acids is 2. The summed E-state index contributed by atoms with van der Waals surface area (Å²) in [6.45, 7) is 1.06. The highest BCUT2D eigenvalue weighted by atomic mass is 16.5. The molecular formula is C20H22N2O4. The summed E-state index contributed by atoms with van der Waals surface area (Å²) in [5.41, 5.74) is 1.77. The topological polar surface area (TPSA) is 67.9 Å². The maximum absolute atomic E-state index is 12.0. The number of methoxy groups -OCH3 is 1. The average molecular weight is 354 g/mol. The summed E-state index contributed by atoms with van der Waals surface area (Å²) in [4.78, 5) is 25.5. The molecule has 1 N–H and O–H groups in total. The van der Waals surface area contributed by atoms with Crippen molar-refractivity contribution in [1.29, 1.82) is 0 Å². The number of hydrogen-bond acceptors (Lipinski definition) is 4. The molecule has 0 bridgehead atoms. The van der Waals surface area contributed by atoms with Crippen molar-refractivity contribution in [3.05, 3.63) is 54.1 Å². The van der Waals surface area contributed by atoms with Crippen molar-refractivity contribution in [2.75, 3.05) is 25.2 Å². The van der Waals surface area contributed by atoms with Crippen LogP contribution >= 0.6 is 0 Å². The Morgan fingerprint density at radius 3 is 2.62 bits per heavy atom. The minimum atomic E-state index is -0.213. The van der Waals surface area contributed by atoms with Gasteiger partial charge in [-0.3, -0.25) is 9.59 Å². The van der Waals surface area contributed by atoms with Gasteiger partial charge in [-0.25, -0.2) is 0 Å². The number of benzene rings is 2. The third kappa shape index (κ3) is 4.33. The predicted octanol–water partition coefficient (Wildman–Crippen LogP) is 2.52. The zero-order chi connectivity index (χ0) is 18.4. The van der Waals surface area contributed by atoms with E-state index < -0.39 is 0 Å². The van der Waals surface area contributed by atoms with Crippen molar-refractivity contribution in [2.45, 2.75) is 19.4 Å². The van der Waals surface area contributed by atoms with E-state index in [0.29, 0.717) is 18.7 Å². The van der Waals surface area contributed by atoms with Crippen LogP contribution in [0, 0.1) is 0 Å². The molecule has 0 aromatic heterocycles. The Morgan fingerprint density at radius 1 is 1.15 bits per heavy atom. The highest BCUT2D eigenvalue weighted by molar-refractivity contribution is 5.95. The number of nitrogens with one attached hydrogen (secondary N) is 1. The number of rotatable bonds is 7. The van der Waals surface area contributed by atoms with Gasteiger partial charge in [0.05, 0.1) is 7.11 Å².